The SMILES string of the molecule is C=C(F)/C(=C\C(F)=C(C)C)C(NC(=O)[C@H]1CCCN1C(=O)c1cc(C)ncc1C(C)O)C1CC1. The van der Waals surface area contributed by atoms with E-state index < -0.39 is 35.7 Å². The standard InChI is InChI=1S/C26H33F2N3O3/c1-14(2)22(28)12-19(16(4)27)24(18-8-9-18)30-25(33)23-7-6-10-31(23)26(34)20-11-15(3)29-13-21(20)17(5)32/h11-13,17-18,23-24,32H,4,6-10H2,1-3,5H3,(H,30,33)/b19-12+/t17?,23-,24?/m1/s1. The molecular formula is C26H33F2N3O3. The van der Waals surface area contributed by atoms with Gasteiger partial charge in [-0.15, -0.1) is 0 Å². The average Bonchev–Trinajstić information content (AvgIpc) is 3.49. The van der Waals surface area contributed by atoms with Crippen LogP contribution in [0.1, 0.15) is 74.2 Å². The van der Waals surface area contributed by atoms with Gasteiger partial charge in [0, 0.05) is 35.1 Å². The number of allylic oxidation sites excluding steroid dienone is 3. The number of hydrogen-bond acceptors (Lipinski definition) is 4. The lowest BCUT2D eigenvalue weighted by Gasteiger charge is -2.28. The van der Waals surface area contributed by atoms with Crippen molar-refractivity contribution in [2.24, 2.45) is 5.92 Å². The van der Waals surface area contributed by atoms with Crippen molar-refractivity contribution in [3.8, 4) is 0 Å². The quantitative estimate of drug-likeness (QED) is 0.540. The van der Waals surface area contributed by atoms with E-state index in [0.717, 1.165) is 18.9 Å². The summed E-state index contributed by atoms with van der Waals surface area (Å²) in [6, 6.07) is 0.149. The zero-order valence-corrected chi connectivity index (χ0v) is 20.2. The molecule has 1 aromatic heterocycles. The van der Waals surface area contributed by atoms with Gasteiger partial charge in [0.1, 0.15) is 17.7 Å². The lowest BCUT2D eigenvalue weighted by Crippen LogP contribution is -2.50. The third kappa shape index (κ3) is 5.78. The van der Waals surface area contributed by atoms with Crippen LogP contribution >= 0.6 is 0 Å². The maximum absolute atomic E-state index is 14.3. The van der Waals surface area contributed by atoms with Gasteiger partial charge in [0.05, 0.1) is 12.1 Å². The number of carbonyl (C=O) groups excluding carboxylic acids is 2. The summed E-state index contributed by atoms with van der Waals surface area (Å²) < 4.78 is 28.7. The van der Waals surface area contributed by atoms with Crippen LogP contribution in [0.4, 0.5) is 8.78 Å². The highest BCUT2D eigenvalue weighted by Gasteiger charge is 2.40. The van der Waals surface area contributed by atoms with Gasteiger partial charge in [0.15, 0.2) is 0 Å². The molecule has 8 heteroatoms. The molecule has 0 spiro atoms. The van der Waals surface area contributed by atoms with Gasteiger partial charge in [-0.05, 0) is 77.0 Å². The Labute approximate surface area is 199 Å². The number of hydrogen-bond donors (Lipinski definition) is 2. The van der Waals surface area contributed by atoms with Crippen molar-refractivity contribution in [1.29, 1.82) is 0 Å². The van der Waals surface area contributed by atoms with Gasteiger partial charge in [0.25, 0.3) is 5.91 Å². The van der Waals surface area contributed by atoms with Crippen molar-refractivity contribution >= 4 is 11.8 Å². The van der Waals surface area contributed by atoms with E-state index >= 15 is 0 Å². The maximum Gasteiger partial charge on any atom is 0.255 e. The summed E-state index contributed by atoms with van der Waals surface area (Å²) in [7, 11) is 0. The maximum atomic E-state index is 14.3. The van der Waals surface area contributed by atoms with E-state index in [1.54, 1.807) is 33.8 Å². The van der Waals surface area contributed by atoms with Gasteiger partial charge in [-0.1, -0.05) is 6.58 Å². The van der Waals surface area contributed by atoms with E-state index in [1.165, 1.54) is 11.1 Å². The Morgan fingerprint density at radius 3 is 2.53 bits per heavy atom. The number of aromatic nitrogens is 1. The molecule has 1 aliphatic heterocycles. The van der Waals surface area contributed by atoms with Crippen molar-refractivity contribution in [2.75, 3.05) is 6.54 Å². The summed E-state index contributed by atoms with van der Waals surface area (Å²) in [5, 5.41) is 13.0. The van der Waals surface area contributed by atoms with Crippen molar-refractivity contribution in [3.63, 3.8) is 0 Å². The first kappa shape index (κ1) is 25.7. The predicted molar refractivity (Wildman–Crippen MR) is 126 cm³/mol. The highest BCUT2D eigenvalue weighted by atomic mass is 19.1. The Morgan fingerprint density at radius 1 is 1.29 bits per heavy atom. The number of halogens is 2. The number of amides is 2. The van der Waals surface area contributed by atoms with Gasteiger partial charge in [-0.25, -0.2) is 8.78 Å². The Morgan fingerprint density at radius 2 is 1.97 bits per heavy atom. The molecular weight excluding hydrogens is 440 g/mol. The molecule has 2 amide bonds. The fraction of sp³-hybridized carbons (Fsp3) is 0.500. The molecule has 2 fully saturated rings. The molecule has 0 radical (unpaired) electrons. The summed E-state index contributed by atoms with van der Waals surface area (Å²) in [6.45, 7) is 10.2. The first-order chi connectivity index (χ1) is 16.0. The Balaban J connectivity index is 1.86. The molecule has 2 aliphatic rings. The number of aliphatic hydroxyl groups excluding tert-OH is 1. The van der Waals surface area contributed by atoms with E-state index in [0.29, 0.717) is 41.8 Å². The minimum Gasteiger partial charge on any atom is -0.389 e. The molecule has 1 aromatic rings. The Bertz CT molecular complexity index is 1040. The van der Waals surface area contributed by atoms with Crippen molar-refractivity contribution in [2.45, 2.75) is 71.6 Å². The number of nitrogens with one attached hydrogen (secondary N) is 1. The molecule has 0 bridgehead atoms. The predicted octanol–water partition coefficient (Wildman–Crippen LogP) is 4.62. The van der Waals surface area contributed by atoms with E-state index in [-0.39, 0.29) is 17.4 Å². The minimum absolute atomic E-state index is 0.0112. The van der Waals surface area contributed by atoms with E-state index in [1.807, 2.05) is 0 Å². The van der Waals surface area contributed by atoms with Crippen LogP contribution in [-0.2, 0) is 4.79 Å². The molecule has 1 aliphatic carbocycles. The zero-order chi connectivity index (χ0) is 25.2. The number of pyridine rings is 1. The summed E-state index contributed by atoms with van der Waals surface area (Å²) in [4.78, 5) is 32.4. The number of likely N-dealkylation sites (tertiary alicyclic amines) is 1. The molecule has 2 unspecified atom stereocenters. The van der Waals surface area contributed by atoms with Crippen LogP contribution < -0.4 is 5.32 Å². The van der Waals surface area contributed by atoms with Gasteiger partial charge < -0.3 is 15.3 Å². The Hall–Kier alpha value is -2.87. The smallest absolute Gasteiger partial charge is 0.255 e. The first-order valence-electron chi connectivity index (χ1n) is 11.7. The summed E-state index contributed by atoms with van der Waals surface area (Å²) >= 11 is 0. The Kier molecular flexibility index (Phi) is 8.02. The van der Waals surface area contributed by atoms with Crippen LogP contribution in [0.3, 0.4) is 0 Å². The normalized spacial score (nSPS) is 20.0. The van der Waals surface area contributed by atoms with Gasteiger partial charge in [-0.2, -0.15) is 0 Å². The van der Waals surface area contributed by atoms with Crippen LogP contribution in [0, 0.1) is 12.8 Å². The van der Waals surface area contributed by atoms with Crippen LogP contribution in [-0.4, -0.2) is 45.4 Å². The van der Waals surface area contributed by atoms with Gasteiger partial charge in [-0.3, -0.25) is 14.6 Å². The van der Waals surface area contributed by atoms with Gasteiger partial charge in [0.2, 0.25) is 5.91 Å². The monoisotopic (exact) mass is 473 g/mol. The third-order valence-corrected chi connectivity index (χ3v) is 6.37. The third-order valence-electron chi connectivity index (χ3n) is 6.37. The minimum atomic E-state index is -0.894. The number of aryl methyl sites for hydroxylation is 1. The molecule has 1 saturated heterocycles. The zero-order valence-electron chi connectivity index (χ0n) is 20.2. The van der Waals surface area contributed by atoms with Crippen LogP contribution in [0.2, 0.25) is 0 Å². The molecule has 34 heavy (non-hydrogen) atoms. The fourth-order valence-corrected chi connectivity index (χ4v) is 4.27. The van der Waals surface area contributed by atoms with Crippen LogP contribution in [0.15, 0.2) is 47.7 Å². The largest absolute Gasteiger partial charge is 0.389 e. The number of rotatable bonds is 8. The van der Waals surface area contributed by atoms with Crippen molar-refractivity contribution in [3.05, 3.63) is 64.5 Å². The molecule has 3 atom stereocenters. The number of aliphatic hydroxyl groups is 1. The van der Waals surface area contributed by atoms with E-state index in [4.69, 9.17) is 0 Å². The molecule has 2 heterocycles. The van der Waals surface area contributed by atoms with Crippen LogP contribution in [0.5, 0.6) is 0 Å². The number of carbonyl (C=O) groups is 2. The summed E-state index contributed by atoms with van der Waals surface area (Å²) in [5.74, 6) is -2.13. The molecule has 184 valence electrons. The lowest BCUT2D eigenvalue weighted by molar-refractivity contribution is -0.125. The van der Waals surface area contributed by atoms with E-state index in [9.17, 15) is 23.5 Å². The second-order valence-corrected chi connectivity index (χ2v) is 9.42. The average molecular weight is 474 g/mol. The van der Waals surface area contributed by atoms with Gasteiger partial charge >= 0.3 is 0 Å². The molecule has 6 nitrogen and oxygen atoms in total. The topological polar surface area (TPSA) is 82.5 Å². The highest BCUT2D eigenvalue weighted by Crippen LogP contribution is 2.38. The second kappa shape index (κ2) is 10.6. The fourth-order valence-electron chi connectivity index (χ4n) is 4.27. The van der Waals surface area contributed by atoms with E-state index in [2.05, 4.69) is 16.9 Å². The second-order valence-electron chi connectivity index (χ2n) is 9.42. The molecule has 1 saturated carbocycles. The van der Waals surface area contributed by atoms with Crippen molar-refractivity contribution in [1.82, 2.24) is 15.2 Å². The lowest BCUT2D eigenvalue weighted by atomic mass is 9.99. The van der Waals surface area contributed by atoms with Crippen LogP contribution in [0.25, 0.3) is 0 Å². The van der Waals surface area contributed by atoms with Crippen molar-refractivity contribution < 1.29 is 23.5 Å². The molecule has 2 N–H and O–H groups in total. The summed E-state index contributed by atoms with van der Waals surface area (Å²) in [6.07, 6.45) is 4.35. The first-order valence-corrected chi connectivity index (χ1v) is 11.7. The molecule has 0 aromatic carbocycles. The molecule has 3 rings (SSSR count). The number of nitrogens with zero attached hydrogens (tertiary/aromatic N) is 2. The highest BCUT2D eigenvalue weighted by molar-refractivity contribution is 5.99. The summed E-state index contributed by atoms with van der Waals surface area (Å²) in [5.41, 5.74) is 1.75.